The number of halogens is 1. The lowest BCUT2D eigenvalue weighted by molar-refractivity contribution is 0.230. The van der Waals surface area contributed by atoms with Gasteiger partial charge in [-0.1, -0.05) is 0 Å². The Hall–Kier alpha value is -0.350. The van der Waals surface area contributed by atoms with E-state index >= 15 is 0 Å². The monoisotopic (exact) mass is 166 g/mol. The lowest BCUT2D eigenvalue weighted by Gasteiger charge is -2.05. The van der Waals surface area contributed by atoms with E-state index in [4.69, 9.17) is 5.73 Å². The van der Waals surface area contributed by atoms with Gasteiger partial charge in [0, 0.05) is 6.20 Å². The number of carbonyl (C=O) groups excluding carboxylic acids is 1. The molecule has 52 valence electrons. The first-order chi connectivity index (χ1) is 3.80. The van der Waals surface area contributed by atoms with Crippen LogP contribution in [0.3, 0.4) is 0 Å². The number of nitrogens with two attached hydrogens (primary N) is 1. The van der Waals surface area contributed by atoms with E-state index in [9.17, 15) is 4.79 Å². The third-order valence-electron chi connectivity index (χ3n) is 0.834. The molecular formula is C4H7ClN2OS. The second kappa shape index (κ2) is 3.63. The molecule has 0 spiro atoms. The zero-order valence-electron chi connectivity index (χ0n) is 4.61. The number of hydrogen-bond acceptors (Lipinski definition) is 2. The Labute approximate surface area is 63.7 Å². The van der Waals surface area contributed by atoms with Crippen molar-refractivity contribution in [3.63, 3.8) is 0 Å². The molecule has 2 N–H and O–H groups in total. The van der Waals surface area contributed by atoms with Crippen LogP contribution in [0.15, 0.2) is 11.6 Å². The first-order valence-electron chi connectivity index (χ1n) is 2.15. The molecule has 0 aromatic rings. The van der Waals surface area contributed by atoms with Crippen molar-refractivity contribution in [1.29, 1.82) is 0 Å². The molecule has 1 aliphatic heterocycles. The van der Waals surface area contributed by atoms with E-state index in [0.717, 1.165) is 0 Å². The lowest BCUT2D eigenvalue weighted by Crippen LogP contribution is -2.28. The summed E-state index contributed by atoms with van der Waals surface area (Å²) in [6.07, 6.45) is 1.67. The Bertz CT molecular complexity index is 139. The van der Waals surface area contributed by atoms with E-state index in [1.54, 1.807) is 18.0 Å². The van der Waals surface area contributed by atoms with E-state index < -0.39 is 0 Å². The first-order valence-corrected chi connectivity index (χ1v) is 3.20. The number of carbonyl (C=O) groups is 1. The van der Waals surface area contributed by atoms with E-state index in [0.29, 0.717) is 5.88 Å². The average Bonchev–Trinajstić information content (AvgIpc) is 2.12. The Kier molecular flexibility index (Phi) is 3.49. The molecule has 0 aliphatic carbocycles. The van der Waals surface area contributed by atoms with Crippen LogP contribution in [0.25, 0.3) is 0 Å². The highest BCUT2D eigenvalue weighted by Crippen LogP contribution is 2.13. The third-order valence-corrected chi connectivity index (χ3v) is 1.58. The molecule has 9 heavy (non-hydrogen) atoms. The van der Waals surface area contributed by atoms with Crippen LogP contribution >= 0.6 is 24.2 Å². The maximum absolute atomic E-state index is 10.3. The van der Waals surface area contributed by atoms with E-state index in [1.807, 2.05) is 5.41 Å². The fourth-order valence-corrected chi connectivity index (χ4v) is 1.11. The molecule has 0 radical (unpaired) electrons. The zero-order valence-corrected chi connectivity index (χ0v) is 6.24. The Balaban J connectivity index is 0.000000640. The van der Waals surface area contributed by atoms with Crippen molar-refractivity contribution < 1.29 is 4.79 Å². The van der Waals surface area contributed by atoms with Crippen LogP contribution in [0, 0.1) is 0 Å². The van der Waals surface area contributed by atoms with Crippen molar-refractivity contribution in [3.05, 3.63) is 11.6 Å². The van der Waals surface area contributed by atoms with Gasteiger partial charge in [-0.25, -0.2) is 4.79 Å². The summed E-state index contributed by atoms with van der Waals surface area (Å²) in [5.74, 6) is 0.662. The van der Waals surface area contributed by atoms with Gasteiger partial charge in [-0.05, 0) is 5.41 Å². The van der Waals surface area contributed by atoms with Crippen LogP contribution in [0.2, 0.25) is 0 Å². The van der Waals surface area contributed by atoms with Gasteiger partial charge in [-0.15, -0.1) is 24.2 Å². The minimum atomic E-state index is -0.383. The summed E-state index contributed by atoms with van der Waals surface area (Å²) in [7, 11) is 0. The third kappa shape index (κ3) is 2.15. The normalized spacial score (nSPS) is 15.3. The van der Waals surface area contributed by atoms with Crippen LogP contribution < -0.4 is 5.73 Å². The average molecular weight is 167 g/mol. The molecule has 0 atom stereocenters. The molecule has 0 aromatic carbocycles. The largest absolute Gasteiger partial charge is 0.351 e. The molecule has 5 heteroatoms. The van der Waals surface area contributed by atoms with Crippen LogP contribution in [-0.2, 0) is 0 Å². The smallest absolute Gasteiger partial charge is 0.319 e. The zero-order chi connectivity index (χ0) is 5.98. The van der Waals surface area contributed by atoms with Gasteiger partial charge >= 0.3 is 6.03 Å². The van der Waals surface area contributed by atoms with Gasteiger partial charge in [-0.3, -0.25) is 4.90 Å². The van der Waals surface area contributed by atoms with Crippen LogP contribution in [0.5, 0.6) is 0 Å². The van der Waals surface area contributed by atoms with E-state index in [-0.39, 0.29) is 18.4 Å². The quantitative estimate of drug-likeness (QED) is 0.583. The van der Waals surface area contributed by atoms with Crippen molar-refractivity contribution in [2.75, 3.05) is 5.88 Å². The summed E-state index contributed by atoms with van der Waals surface area (Å²) in [6, 6.07) is -0.383. The van der Waals surface area contributed by atoms with Gasteiger partial charge in [0.25, 0.3) is 0 Å². The maximum atomic E-state index is 10.3. The second-order valence-corrected chi connectivity index (χ2v) is 2.25. The molecule has 1 rings (SSSR count). The number of rotatable bonds is 0. The predicted molar refractivity (Wildman–Crippen MR) is 40.3 cm³/mol. The molecular weight excluding hydrogens is 160 g/mol. The standard InChI is InChI=1S/C4H6N2OS.ClH/c5-4(7)6-1-2-8-3-6;/h1-2H,3H2,(H2,5,7);1H. The summed E-state index contributed by atoms with van der Waals surface area (Å²) >= 11 is 1.56. The topological polar surface area (TPSA) is 46.3 Å². The van der Waals surface area contributed by atoms with Crippen molar-refractivity contribution in [3.8, 4) is 0 Å². The summed E-state index contributed by atoms with van der Waals surface area (Å²) in [4.78, 5) is 11.7. The number of thioether (sulfide) groups is 1. The van der Waals surface area contributed by atoms with Crippen molar-refractivity contribution in [2.24, 2.45) is 5.73 Å². The molecule has 0 aromatic heterocycles. The minimum absolute atomic E-state index is 0. The Morgan fingerprint density at radius 2 is 2.44 bits per heavy atom. The van der Waals surface area contributed by atoms with Crippen LogP contribution in [0.4, 0.5) is 4.79 Å². The number of hydrogen-bond donors (Lipinski definition) is 1. The van der Waals surface area contributed by atoms with Crippen LogP contribution in [0.1, 0.15) is 0 Å². The number of urea groups is 1. The summed E-state index contributed by atoms with van der Waals surface area (Å²) in [5.41, 5.74) is 4.92. The number of primary amides is 1. The highest BCUT2D eigenvalue weighted by atomic mass is 35.5. The SMILES string of the molecule is Cl.NC(=O)N1C=CSC1. The Morgan fingerprint density at radius 1 is 1.78 bits per heavy atom. The van der Waals surface area contributed by atoms with Gasteiger partial charge in [0.15, 0.2) is 0 Å². The fourth-order valence-electron chi connectivity index (χ4n) is 0.420. The second-order valence-electron chi connectivity index (χ2n) is 1.39. The van der Waals surface area contributed by atoms with Gasteiger partial charge in [0.05, 0.1) is 5.88 Å². The van der Waals surface area contributed by atoms with Gasteiger partial charge in [0.1, 0.15) is 0 Å². The number of nitrogens with zero attached hydrogens (tertiary/aromatic N) is 1. The highest BCUT2D eigenvalue weighted by molar-refractivity contribution is 8.02. The Morgan fingerprint density at radius 3 is 2.67 bits per heavy atom. The molecule has 0 unspecified atom stereocenters. The first kappa shape index (κ1) is 8.65. The summed E-state index contributed by atoms with van der Waals surface area (Å²) < 4.78 is 0. The van der Waals surface area contributed by atoms with Gasteiger partial charge < -0.3 is 5.73 Å². The molecule has 0 saturated heterocycles. The van der Waals surface area contributed by atoms with Crippen molar-refractivity contribution >= 4 is 30.2 Å². The fraction of sp³-hybridized carbons (Fsp3) is 0.250. The van der Waals surface area contributed by atoms with Crippen molar-refractivity contribution in [2.45, 2.75) is 0 Å². The minimum Gasteiger partial charge on any atom is -0.351 e. The number of amides is 2. The maximum Gasteiger partial charge on any atom is 0.319 e. The van der Waals surface area contributed by atoms with Gasteiger partial charge in [-0.2, -0.15) is 0 Å². The van der Waals surface area contributed by atoms with Gasteiger partial charge in [0.2, 0.25) is 0 Å². The predicted octanol–water partition coefficient (Wildman–Crippen LogP) is 0.964. The highest BCUT2D eigenvalue weighted by Gasteiger charge is 2.07. The molecule has 0 bridgehead atoms. The summed E-state index contributed by atoms with van der Waals surface area (Å²) in [5, 5.41) is 1.84. The molecule has 0 saturated carbocycles. The van der Waals surface area contributed by atoms with Crippen LogP contribution in [-0.4, -0.2) is 16.8 Å². The van der Waals surface area contributed by atoms with Crippen molar-refractivity contribution in [1.82, 2.24) is 4.90 Å². The molecule has 3 nitrogen and oxygen atoms in total. The lowest BCUT2D eigenvalue weighted by atomic mass is 10.8. The molecule has 2 amide bonds. The summed E-state index contributed by atoms with van der Waals surface area (Å²) in [6.45, 7) is 0. The van der Waals surface area contributed by atoms with E-state index in [2.05, 4.69) is 0 Å². The molecule has 1 heterocycles. The van der Waals surface area contributed by atoms with E-state index in [1.165, 1.54) is 4.90 Å². The molecule has 1 aliphatic rings. The molecule has 0 fully saturated rings.